The molecule has 1 aromatic heterocycles. The van der Waals surface area contributed by atoms with Crippen molar-refractivity contribution in [1.82, 2.24) is 15.1 Å². The number of hydrogen-bond donors (Lipinski definition) is 1. The molecule has 0 amide bonds. The largest absolute Gasteiger partial charge is 0.375 e. The van der Waals surface area contributed by atoms with Crippen molar-refractivity contribution in [2.24, 2.45) is 13.0 Å². The number of ether oxygens (including phenoxy) is 1. The molecule has 2 rings (SSSR count). The fourth-order valence-corrected chi connectivity index (χ4v) is 2.19. The minimum atomic E-state index is 0.678. The van der Waals surface area contributed by atoms with Gasteiger partial charge in [-0.15, -0.1) is 0 Å². The van der Waals surface area contributed by atoms with Crippen molar-refractivity contribution in [2.45, 2.75) is 26.4 Å². The van der Waals surface area contributed by atoms with Gasteiger partial charge in [-0.25, -0.2) is 0 Å². The van der Waals surface area contributed by atoms with Crippen LogP contribution in [0.3, 0.4) is 0 Å². The van der Waals surface area contributed by atoms with Crippen molar-refractivity contribution < 1.29 is 4.74 Å². The van der Waals surface area contributed by atoms with Gasteiger partial charge in [-0.1, -0.05) is 0 Å². The van der Waals surface area contributed by atoms with Gasteiger partial charge in [0.25, 0.3) is 0 Å². The molecule has 0 bridgehead atoms. The Morgan fingerprint density at radius 1 is 1.62 bits per heavy atom. The maximum atomic E-state index is 5.69. The van der Waals surface area contributed by atoms with Gasteiger partial charge in [-0.3, -0.25) is 4.68 Å². The average Bonchev–Trinajstić information content (AvgIpc) is 2.84. The van der Waals surface area contributed by atoms with Crippen LogP contribution in [0.5, 0.6) is 0 Å². The minimum absolute atomic E-state index is 0.678. The SMILES string of the molecule is Cc1cc(COCCC2CCNC2)n(C)n1. The molecule has 16 heavy (non-hydrogen) atoms. The molecule has 1 fully saturated rings. The topological polar surface area (TPSA) is 39.1 Å². The lowest BCUT2D eigenvalue weighted by Crippen LogP contribution is -2.11. The van der Waals surface area contributed by atoms with Crippen molar-refractivity contribution >= 4 is 0 Å². The lowest BCUT2D eigenvalue weighted by molar-refractivity contribution is 0.104. The average molecular weight is 223 g/mol. The van der Waals surface area contributed by atoms with Crippen LogP contribution in [0.4, 0.5) is 0 Å². The quantitative estimate of drug-likeness (QED) is 0.763. The summed E-state index contributed by atoms with van der Waals surface area (Å²) in [7, 11) is 1.96. The number of aromatic nitrogens is 2. The van der Waals surface area contributed by atoms with E-state index in [9.17, 15) is 0 Å². The molecule has 1 N–H and O–H groups in total. The van der Waals surface area contributed by atoms with E-state index in [-0.39, 0.29) is 0 Å². The summed E-state index contributed by atoms with van der Waals surface area (Å²) in [5.74, 6) is 0.813. The highest BCUT2D eigenvalue weighted by molar-refractivity contribution is 5.07. The first-order valence-electron chi connectivity index (χ1n) is 6.03. The molecular weight excluding hydrogens is 202 g/mol. The summed E-state index contributed by atoms with van der Waals surface area (Å²) in [5.41, 5.74) is 2.21. The van der Waals surface area contributed by atoms with Crippen LogP contribution in [0.25, 0.3) is 0 Å². The van der Waals surface area contributed by atoms with Crippen LogP contribution < -0.4 is 5.32 Å². The monoisotopic (exact) mass is 223 g/mol. The molecule has 1 saturated heterocycles. The summed E-state index contributed by atoms with van der Waals surface area (Å²) in [6, 6.07) is 2.08. The van der Waals surface area contributed by atoms with E-state index in [2.05, 4.69) is 16.5 Å². The first kappa shape index (κ1) is 11.6. The standard InChI is InChI=1S/C12H21N3O/c1-10-7-12(15(2)14-10)9-16-6-4-11-3-5-13-8-11/h7,11,13H,3-6,8-9H2,1-2H3. The molecule has 0 radical (unpaired) electrons. The Balaban J connectivity index is 1.65. The zero-order valence-corrected chi connectivity index (χ0v) is 10.2. The van der Waals surface area contributed by atoms with E-state index in [1.165, 1.54) is 19.4 Å². The van der Waals surface area contributed by atoms with E-state index in [1.807, 2.05) is 18.7 Å². The molecule has 0 spiro atoms. The first-order valence-corrected chi connectivity index (χ1v) is 6.03. The van der Waals surface area contributed by atoms with E-state index >= 15 is 0 Å². The van der Waals surface area contributed by atoms with Crippen LogP contribution in [0.15, 0.2) is 6.07 Å². The molecule has 4 nitrogen and oxygen atoms in total. The number of hydrogen-bond acceptors (Lipinski definition) is 3. The molecule has 1 aliphatic heterocycles. The Hall–Kier alpha value is -0.870. The predicted octanol–water partition coefficient (Wildman–Crippen LogP) is 1.24. The van der Waals surface area contributed by atoms with Crippen molar-refractivity contribution in [3.63, 3.8) is 0 Å². The second-order valence-electron chi connectivity index (χ2n) is 4.60. The fourth-order valence-electron chi connectivity index (χ4n) is 2.19. The second kappa shape index (κ2) is 5.46. The summed E-state index contributed by atoms with van der Waals surface area (Å²) in [5, 5.41) is 7.67. The van der Waals surface area contributed by atoms with Gasteiger partial charge in [0.2, 0.25) is 0 Å². The lowest BCUT2D eigenvalue weighted by atomic mass is 10.1. The summed E-state index contributed by atoms with van der Waals surface area (Å²) < 4.78 is 7.58. The summed E-state index contributed by atoms with van der Waals surface area (Å²) in [4.78, 5) is 0. The van der Waals surface area contributed by atoms with Gasteiger partial charge in [0.15, 0.2) is 0 Å². The number of aryl methyl sites for hydroxylation is 2. The highest BCUT2D eigenvalue weighted by atomic mass is 16.5. The van der Waals surface area contributed by atoms with Gasteiger partial charge < -0.3 is 10.1 Å². The van der Waals surface area contributed by atoms with E-state index in [0.717, 1.165) is 30.5 Å². The maximum absolute atomic E-state index is 5.69. The number of nitrogens with zero attached hydrogens (tertiary/aromatic N) is 2. The van der Waals surface area contributed by atoms with E-state index in [0.29, 0.717) is 6.61 Å². The summed E-state index contributed by atoms with van der Waals surface area (Å²) in [6.07, 6.45) is 2.47. The van der Waals surface area contributed by atoms with Crippen LogP contribution in [0.2, 0.25) is 0 Å². The fraction of sp³-hybridized carbons (Fsp3) is 0.750. The highest BCUT2D eigenvalue weighted by Crippen LogP contribution is 2.12. The Morgan fingerprint density at radius 2 is 2.50 bits per heavy atom. The van der Waals surface area contributed by atoms with Gasteiger partial charge in [0.1, 0.15) is 0 Å². The van der Waals surface area contributed by atoms with Crippen molar-refractivity contribution in [1.29, 1.82) is 0 Å². The van der Waals surface area contributed by atoms with Crippen LogP contribution in [0, 0.1) is 12.8 Å². The first-order chi connectivity index (χ1) is 7.75. The van der Waals surface area contributed by atoms with E-state index in [1.54, 1.807) is 0 Å². The molecule has 0 saturated carbocycles. The normalized spacial score (nSPS) is 20.5. The van der Waals surface area contributed by atoms with Crippen LogP contribution >= 0.6 is 0 Å². The van der Waals surface area contributed by atoms with Gasteiger partial charge in [-0.2, -0.15) is 5.10 Å². The Labute approximate surface area is 97.0 Å². The number of rotatable bonds is 5. The Bertz CT molecular complexity index is 329. The van der Waals surface area contributed by atoms with Gasteiger partial charge in [0.05, 0.1) is 18.0 Å². The summed E-state index contributed by atoms with van der Waals surface area (Å²) >= 11 is 0. The third-order valence-electron chi connectivity index (χ3n) is 3.18. The molecule has 1 atom stereocenters. The highest BCUT2D eigenvalue weighted by Gasteiger charge is 2.13. The molecular formula is C12H21N3O. The Kier molecular flexibility index (Phi) is 3.96. The van der Waals surface area contributed by atoms with Crippen LogP contribution in [-0.4, -0.2) is 29.5 Å². The second-order valence-corrected chi connectivity index (χ2v) is 4.60. The lowest BCUT2D eigenvalue weighted by Gasteiger charge is -2.08. The van der Waals surface area contributed by atoms with Gasteiger partial charge in [0, 0.05) is 13.7 Å². The van der Waals surface area contributed by atoms with Crippen molar-refractivity contribution in [2.75, 3.05) is 19.7 Å². The van der Waals surface area contributed by atoms with E-state index < -0.39 is 0 Å². The molecule has 4 heteroatoms. The molecule has 2 heterocycles. The number of nitrogens with one attached hydrogen (secondary N) is 1. The Morgan fingerprint density at radius 3 is 3.12 bits per heavy atom. The van der Waals surface area contributed by atoms with Gasteiger partial charge >= 0.3 is 0 Å². The van der Waals surface area contributed by atoms with E-state index in [4.69, 9.17) is 4.74 Å². The molecule has 1 aliphatic rings. The molecule has 0 aromatic carbocycles. The molecule has 0 aliphatic carbocycles. The zero-order chi connectivity index (χ0) is 11.4. The molecule has 90 valence electrons. The zero-order valence-electron chi connectivity index (χ0n) is 10.2. The van der Waals surface area contributed by atoms with Crippen molar-refractivity contribution in [3.05, 3.63) is 17.5 Å². The summed E-state index contributed by atoms with van der Waals surface area (Å²) in [6.45, 7) is 5.88. The molecule has 1 unspecified atom stereocenters. The minimum Gasteiger partial charge on any atom is -0.375 e. The third-order valence-corrected chi connectivity index (χ3v) is 3.18. The molecule has 1 aromatic rings. The van der Waals surface area contributed by atoms with Crippen molar-refractivity contribution in [3.8, 4) is 0 Å². The van der Waals surface area contributed by atoms with Gasteiger partial charge in [-0.05, 0) is 44.8 Å². The smallest absolute Gasteiger partial charge is 0.0884 e. The third kappa shape index (κ3) is 3.06. The van der Waals surface area contributed by atoms with Crippen LogP contribution in [-0.2, 0) is 18.4 Å². The van der Waals surface area contributed by atoms with Crippen LogP contribution in [0.1, 0.15) is 24.2 Å². The maximum Gasteiger partial charge on any atom is 0.0884 e. The predicted molar refractivity (Wildman–Crippen MR) is 63.2 cm³/mol.